The molecule has 2 aromatic heterocycles. The number of rotatable bonds is 5. The summed E-state index contributed by atoms with van der Waals surface area (Å²) in [5.41, 5.74) is 2.30. The van der Waals surface area contributed by atoms with Gasteiger partial charge in [-0.1, -0.05) is 5.21 Å². The van der Waals surface area contributed by atoms with Gasteiger partial charge in [0.2, 0.25) is 0 Å². The average molecular weight is 231 g/mol. The normalized spacial score (nSPS) is 15.4. The first kappa shape index (κ1) is 10.5. The van der Waals surface area contributed by atoms with Crippen molar-refractivity contribution in [3.05, 3.63) is 35.9 Å². The Labute approximate surface area is 100 Å². The second kappa shape index (κ2) is 4.33. The predicted molar refractivity (Wildman–Crippen MR) is 64.4 cm³/mol. The second-order valence-electron chi connectivity index (χ2n) is 4.67. The molecule has 2 heterocycles. The number of aromatic nitrogens is 4. The first-order chi connectivity index (χ1) is 8.31. The molecule has 1 saturated carbocycles. The zero-order valence-electron chi connectivity index (χ0n) is 10.0. The Morgan fingerprint density at radius 1 is 1.47 bits per heavy atom. The maximum Gasteiger partial charge on any atom is 0.102 e. The Bertz CT molecular complexity index is 494. The molecule has 1 N–H and O–H groups in total. The number of nitrogens with zero attached hydrogens (tertiary/aromatic N) is 4. The fraction of sp³-hybridized carbons (Fsp3) is 0.500. The standard InChI is InChI=1S/C12H17N5/c1-16-8-11(14-15-16)9-17-6-2-3-12(17)7-13-10-4-5-10/h2-3,6,8,10,13H,4-5,7,9H2,1H3. The van der Waals surface area contributed by atoms with Crippen LogP contribution in [0, 0.1) is 0 Å². The molecule has 5 nitrogen and oxygen atoms in total. The molecule has 0 unspecified atom stereocenters. The lowest BCUT2D eigenvalue weighted by molar-refractivity contribution is 0.630. The van der Waals surface area contributed by atoms with Gasteiger partial charge in [-0.25, -0.2) is 0 Å². The quantitative estimate of drug-likeness (QED) is 0.832. The highest BCUT2D eigenvalue weighted by molar-refractivity contribution is 5.10. The summed E-state index contributed by atoms with van der Waals surface area (Å²) in [6, 6.07) is 4.99. The molecule has 1 aliphatic carbocycles. The van der Waals surface area contributed by atoms with Gasteiger partial charge in [-0.2, -0.15) is 0 Å². The van der Waals surface area contributed by atoms with Crippen molar-refractivity contribution in [2.75, 3.05) is 0 Å². The summed E-state index contributed by atoms with van der Waals surface area (Å²) in [6.45, 7) is 1.74. The molecule has 5 heteroatoms. The van der Waals surface area contributed by atoms with E-state index in [0.29, 0.717) is 0 Å². The zero-order chi connectivity index (χ0) is 11.7. The number of nitrogens with one attached hydrogen (secondary N) is 1. The van der Waals surface area contributed by atoms with Gasteiger partial charge in [-0.15, -0.1) is 5.10 Å². The fourth-order valence-corrected chi connectivity index (χ4v) is 1.94. The van der Waals surface area contributed by atoms with Gasteiger partial charge in [0.1, 0.15) is 5.69 Å². The van der Waals surface area contributed by atoms with E-state index >= 15 is 0 Å². The molecule has 0 radical (unpaired) electrons. The molecular formula is C12H17N5. The minimum atomic E-state index is 0.745. The van der Waals surface area contributed by atoms with Crippen LogP contribution in [-0.2, 0) is 20.1 Å². The SMILES string of the molecule is Cn1cc(Cn2cccc2CNC2CC2)nn1. The second-order valence-corrected chi connectivity index (χ2v) is 4.67. The average Bonchev–Trinajstić information content (AvgIpc) is 2.90. The van der Waals surface area contributed by atoms with Crippen LogP contribution in [0.1, 0.15) is 24.2 Å². The predicted octanol–water partition coefficient (Wildman–Crippen LogP) is 0.917. The van der Waals surface area contributed by atoms with Crippen molar-refractivity contribution in [2.45, 2.75) is 32.0 Å². The minimum Gasteiger partial charge on any atom is -0.344 e. The summed E-state index contributed by atoms with van der Waals surface area (Å²) in [5.74, 6) is 0. The zero-order valence-corrected chi connectivity index (χ0v) is 10.0. The van der Waals surface area contributed by atoms with E-state index < -0.39 is 0 Å². The van der Waals surface area contributed by atoms with Gasteiger partial charge in [0.15, 0.2) is 0 Å². The van der Waals surface area contributed by atoms with Crippen LogP contribution in [0.5, 0.6) is 0 Å². The fourth-order valence-electron chi connectivity index (χ4n) is 1.94. The van der Waals surface area contributed by atoms with Crippen molar-refractivity contribution in [1.29, 1.82) is 0 Å². The van der Waals surface area contributed by atoms with Crippen molar-refractivity contribution in [3.63, 3.8) is 0 Å². The highest BCUT2D eigenvalue weighted by atomic mass is 15.4. The van der Waals surface area contributed by atoms with E-state index in [1.165, 1.54) is 18.5 Å². The van der Waals surface area contributed by atoms with Crippen LogP contribution in [0.25, 0.3) is 0 Å². The van der Waals surface area contributed by atoms with Gasteiger partial charge >= 0.3 is 0 Å². The maximum atomic E-state index is 4.11. The van der Waals surface area contributed by atoms with Gasteiger partial charge in [0.05, 0.1) is 6.54 Å². The molecule has 3 rings (SSSR count). The van der Waals surface area contributed by atoms with Gasteiger partial charge < -0.3 is 9.88 Å². The van der Waals surface area contributed by atoms with E-state index in [1.54, 1.807) is 4.68 Å². The summed E-state index contributed by atoms with van der Waals surface area (Å²) < 4.78 is 3.96. The first-order valence-electron chi connectivity index (χ1n) is 6.04. The third kappa shape index (κ3) is 2.55. The molecule has 0 saturated heterocycles. The summed E-state index contributed by atoms with van der Waals surface area (Å²) in [6.07, 6.45) is 6.70. The largest absolute Gasteiger partial charge is 0.344 e. The van der Waals surface area contributed by atoms with E-state index in [-0.39, 0.29) is 0 Å². The third-order valence-electron chi connectivity index (χ3n) is 3.06. The van der Waals surface area contributed by atoms with Crippen molar-refractivity contribution in [2.24, 2.45) is 7.05 Å². The summed E-state index contributed by atoms with van der Waals surface area (Å²) >= 11 is 0. The van der Waals surface area contributed by atoms with E-state index in [0.717, 1.165) is 24.8 Å². The molecule has 0 spiro atoms. The van der Waals surface area contributed by atoms with Crippen LogP contribution in [-0.4, -0.2) is 25.6 Å². The van der Waals surface area contributed by atoms with Crippen LogP contribution in [0.3, 0.4) is 0 Å². The minimum absolute atomic E-state index is 0.745. The summed E-state index contributed by atoms with van der Waals surface area (Å²) in [7, 11) is 1.89. The van der Waals surface area contributed by atoms with Crippen LogP contribution in [0.15, 0.2) is 24.5 Å². The molecular weight excluding hydrogens is 214 g/mol. The Hall–Kier alpha value is -1.62. The monoisotopic (exact) mass is 231 g/mol. The molecule has 0 aliphatic heterocycles. The van der Waals surface area contributed by atoms with Gasteiger partial charge in [0, 0.05) is 37.7 Å². The van der Waals surface area contributed by atoms with Crippen molar-refractivity contribution < 1.29 is 0 Å². The first-order valence-corrected chi connectivity index (χ1v) is 6.04. The summed E-state index contributed by atoms with van der Waals surface area (Å²) in [5, 5.41) is 11.6. The van der Waals surface area contributed by atoms with Crippen LogP contribution in [0.2, 0.25) is 0 Å². The van der Waals surface area contributed by atoms with Gasteiger partial charge in [0.25, 0.3) is 0 Å². The van der Waals surface area contributed by atoms with Gasteiger partial charge in [-0.05, 0) is 25.0 Å². The lowest BCUT2D eigenvalue weighted by Crippen LogP contribution is -2.18. The molecule has 0 amide bonds. The van der Waals surface area contributed by atoms with E-state index in [2.05, 4.69) is 38.5 Å². The van der Waals surface area contributed by atoms with Crippen molar-refractivity contribution in [1.82, 2.24) is 24.9 Å². The molecule has 17 heavy (non-hydrogen) atoms. The van der Waals surface area contributed by atoms with Crippen molar-refractivity contribution in [3.8, 4) is 0 Å². The Balaban J connectivity index is 1.67. The Kier molecular flexibility index (Phi) is 2.68. The Morgan fingerprint density at radius 3 is 3.06 bits per heavy atom. The maximum absolute atomic E-state index is 4.11. The highest BCUT2D eigenvalue weighted by Crippen LogP contribution is 2.19. The molecule has 0 atom stereocenters. The van der Waals surface area contributed by atoms with E-state index in [4.69, 9.17) is 0 Å². The van der Waals surface area contributed by atoms with E-state index in [1.807, 2.05) is 13.2 Å². The molecule has 1 fully saturated rings. The lowest BCUT2D eigenvalue weighted by atomic mass is 10.4. The summed E-state index contributed by atoms with van der Waals surface area (Å²) in [4.78, 5) is 0. The van der Waals surface area contributed by atoms with Crippen LogP contribution >= 0.6 is 0 Å². The Morgan fingerprint density at radius 2 is 2.35 bits per heavy atom. The molecule has 0 aromatic carbocycles. The third-order valence-corrected chi connectivity index (χ3v) is 3.06. The molecule has 2 aromatic rings. The molecule has 90 valence electrons. The van der Waals surface area contributed by atoms with Gasteiger partial charge in [-0.3, -0.25) is 4.68 Å². The topological polar surface area (TPSA) is 47.7 Å². The number of aryl methyl sites for hydroxylation is 1. The molecule has 1 aliphatic rings. The smallest absolute Gasteiger partial charge is 0.102 e. The number of hydrogen-bond donors (Lipinski definition) is 1. The van der Waals surface area contributed by atoms with E-state index in [9.17, 15) is 0 Å². The molecule has 0 bridgehead atoms. The van der Waals surface area contributed by atoms with Crippen molar-refractivity contribution >= 4 is 0 Å². The highest BCUT2D eigenvalue weighted by Gasteiger charge is 2.20. The lowest BCUT2D eigenvalue weighted by Gasteiger charge is -2.08. The van der Waals surface area contributed by atoms with Crippen LogP contribution < -0.4 is 5.32 Å². The van der Waals surface area contributed by atoms with Crippen LogP contribution in [0.4, 0.5) is 0 Å². The number of hydrogen-bond acceptors (Lipinski definition) is 3.